The first-order chi connectivity index (χ1) is 6.72. The molecule has 0 bridgehead atoms. The van der Waals surface area contributed by atoms with Crippen LogP contribution < -0.4 is 0 Å². The van der Waals surface area contributed by atoms with Crippen molar-refractivity contribution in [3.8, 4) is 0 Å². The summed E-state index contributed by atoms with van der Waals surface area (Å²) in [7, 11) is 0. The summed E-state index contributed by atoms with van der Waals surface area (Å²) < 4.78 is 5.07. The van der Waals surface area contributed by atoms with Gasteiger partial charge in [-0.15, -0.1) is 12.4 Å². The first-order valence-electron chi connectivity index (χ1n) is 4.98. The van der Waals surface area contributed by atoms with Gasteiger partial charge in [0.1, 0.15) is 0 Å². The zero-order valence-corrected chi connectivity index (χ0v) is 10.1. The molecule has 0 fully saturated rings. The molecule has 0 saturated heterocycles. The molecule has 2 nitrogen and oxygen atoms in total. The quantitative estimate of drug-likeness (QED) is 0.621. The van der Waals surface area contributed by atoms with Gasteiger partial charge in [-0.1, -0.05) is 29.8 Å². The molecule has 0 heterocycles. The molecule has 1 rings (SSSR count). The number of hydrogen-bond acceptors (Lipinski definition) is 2. The Morgan fingerprint density at radius 3 is 2.40 bits per heavy atom. The van der Waals surface area contributed by atoms with E-state index in [2.05, 4.69) is 31.2 Å². The summed E-state index contributed by atoms with van der Waals surface area (Å²) in [4.78, 5) is 0. The van der Waals surface area contributed by atoms with E-state index in [-0.39, 0.29) is 12.4 Å². The summed E-state index contributed by atoms with van der Waals surface area (Å²) in [6.07, 6.45) is 1.58. The number of ether oxygens (including phenoxy) is 1. The number of rotatable bonds is 4. The first kappa shape index (κ1) is 14.0. The minimum absolute atomic E-state index is 0. The summed E-state index contributed by atoms with van der Waals surface area (Å²) in [5.41, 5.74) is 2.54. The van der Waals surface area contributed by atoms with Crippen LogP contribution in [0.4, 0.5) is 0 Å². The molecule has 0 aromatic heterocycles. The maximum Gasteiger partial charge on any atom is 0.180 e. The van der Waals surface area contributed by atoms with Crippen LogP contribution in [0.1, 0.15) is 24.5 Å². The van der Waals surface area contributed by atoms with Crippen LogP contribution in [0.25, 0.3) is 0 Å². The van der Waals surface area contributed by atoms with Gasteiger partial charge in [-0.3, -0.25) is 5.41 Å². The third-order valence-electron chi connectivity index (χ3n) is 2.08. The third kappa shape index (κ3) is 5.43. The highest BCUT2D eigenvalue weighted by Crippen LogP contribution is 2.06. The van der Waals surface area contributed by atoms with Crippen LogP contribution in [0.2, 0.25) is 0 Å². The predicted molar refractivity (Wildman–Crippen MR) is 66.1 cm³/mol. The van der Waals surface area contributed by atoms with Gasteiger partial charge in [0.05, 0.1) is 6.61 Å². The van der Waals surface area contributed by atoms with Crippen LogP contribution in [0.3, 0.4) is 0 Å². The van der Waals surface area contributed by atoms with Crippen molar-refractivity contribution in [3.63, 3.8) is 0 Å². The lowest BCUT2D eigenvalue weighted by Gasteiger charge is -2.04. The van der Waals surface area contributed by atoms with Gasteiger partial charge in [-0.05, 0) is 25.8 Å². The van der Waals surface area contributed by atoms with Crippen molar-refractivity contribution in [2.24, 2.45) is 0 Å². The lowest BCUT2D eigenvalue weighted by atomic mass is 10.1. The Labute approximate surface area is 97.6 Å². The highest BCUT2D eigenvalue weighted by atomic mass is 35.5. The summed E-state index contributed by atoms with van der Waals surface area (Å²) in [6, 6.07) is 8.41. The van der Waals surface area contributed by atoms with Gasteiger partial charge in [-0.25, -0.2) is 0 Å². The zero-order chi connectivity index (χ0) is 10.4. The van der Waals surface area contributed by atoms with Crippen LogP contribution in [-0.4, -0.2) is 12.5 Å². The van der Waals surface area contributed by atoms with Gasteiger partial charge in [0.2, 0.25) is 0 Å². The molecule has 3 heteroatoms. The smallest absolute Gasteiger partial charge is 0.180 e. The summed E-state index contributed by atoms with van der Waals surface area (Å²) >= 11 is 0. The molecule has 0 aliphatic rings. The number of halogens is 1. The van der Waals surface area contributed by atoms with Crippen molar-refractivity contribution in [3.05, 3.63) is 35.4 Å². The second kappa shape index (κ2) is 7.30. The van der Waals surface area contributed by atoms with Crippen LogP contribution in [0.15, 0.2) is 24.3 Å². The highest BCUT2D eigenvalue weighted by Gasteiger charge is 1.98. The Balaban J connectivity index is 0.00000196. The fourth-order valence-corrected chi connectivity index (χ4v) is 1.26. The third-order valence-corrected chi connectivity index (χ3v) is 2.08. The number of hydrogen-bond donors (Lipinski definition) is 1. The van der Waals surface area contributed by atoms with Crippen LogP contribution in [0.5, 0.6) is 0 Å². The van der Waals surface area contributed by atoms with E-state index >= 15 is 0 Å². The van der Waals surface area contributed by atoms with Gasteiger partial charge in [0.25, 0.3) is 0 Å². The summed E-state index contributed by atoms with van der Waals surface area (Å²) in [5.74, 6) is 0.382. The maximum absolute atomic E-state index is 7.46. The second-order valence-electron chi connectivity index (χ2n) is 3.34. The van der Waals surface area contributed by atoms with E-state index in [1.54, 1.807) is 0 Å². The van der Waals surface area contributed by atoms with Crippen LogP contribution >= 0.6 is 12.4 Å². The molecule has 0 aliphatic heterocycles. The van der Waals surface area contributed by atoms with Gasteiger partial charge in [-0.2, -0.15) is 0 Å². The van der Waals surface area contributed by atoms with Crippen molar-refractivity contribution in [2.75, 3.05) is 6.61 Å². The summed E-state index contributed by atoms with van der Waals surface area (Å²) in [5, 5.41) is 7.46. The molecular formula is C12H18ClNO. The Kier molecular flexibility index (Phi) is 6.80. The van der Waals surface area contributed by atoms with E-state index in [1.165, 1.54) is 11.1 Å². The number of aryl methyl sites for hydroxylation is 2. The Bertz CT molecular complexity index is 295. The van der Waals surface area contributed by atoms with Gasteiger partial charge in [0, 0.05) is 6.42 Å². The SMILES string of the molecule is CCOC(=N)CCc1ccc(C)cc1.Cl. The Hall–Kier alpha value is -1.02. The van der Waals surface area contributed by atoms with Gasteiger partial charge >= 0.3 is 0 Å². The van der Waals surface area contributed by atoms with E-state index in [0.717, 1.165) is 6.42 Å². The standard InChI is InChI=1S/C12H17NO.ClH/c1-3-14-12(13)9-8-11-6-4-10(2)5-7-11;/h4-7,13H,3,8-9H2,1-2H3;1H. The number of nitrogens with one attached hydrogen (secondary N) is 1. The predicted octanol–water partition coefficient (Wildman–Crippen LogP) is 3.36. The number of benzene rings is 1. The van der Waals surface area contributed by atoms with E-state index in [4.69, 9.17) is 10.1 Å². The molecule has 0 amide bonds. The molecule has 0 saturated carbocycles. The van der Waals surface area contributed by atoms with Crippen LogP contribution in [-0.2, 0) is 11.2 Å². The molecule has 1 aromatic rings. The maximum atomic E-state index is 7.46. The lowest BCUT2D eigenvalue weighted by Crippen LogP contribution is -2.04. The van der Waals surface area contributed by atoms with Gasteiger partial charge in [0.15, 0.2) is 5.90 Å². The Morgan fingerprint density at radius 2 is 1.87 bits per heavy atom. The average Bonchev–Trinajstić information content (AvgIpc) is 2.17. The molecule has 0 atom stereocenters. The average molecular weight is 228 g/mol. The van der Waals surface area contributed by atoms with Crippen molar-refractivity contribution in [1.29, 1.82) is 5.41 Å². The van der Waals surface area contributed by atoms with Crippen molar-refractivity contribution in [2.45, 2.75) is 26.7 Å². The van der Waals surface area contributed by atoms with E-state index in [1.807, 2.05) is 6.92 Å². The van der Waals surface area contributed by atoms with Crippen LogP contribution in [0, 0.1) is 12.3 Å². The minimum atomic E-state index is 0. The van der Waals surface area contributed by atoms with E-state index in [9.17, 15) is 0 Å². The monoisotopic (exact) mass is 227 g/mol. The molecular weight excluding hydrogens is 210 g/mol. The molecule has 1 aromatic carbocycles. The zero-order valence-electron chi connectivity index (χ0n) is 9.25. The largest absolute Gasteiger partial charge is 0.481 e. The lowest BCUT2D eigenvalue weighted by molar-refractivity contribution is 0.314. The van der Waals surface area contributed by atoms with Crippen molar-refractivity contribution >= 4 is 18.3 Å². The molecule has 0 radical (unpaired) electrons. The normalized spacial score (nSPS) is 9.20. The van der Waals surface area contributed by atoms with Crippen molar-refractivity contribution < 1.29 is 4.74 Å². The fraction of sp³-hybridized carbons (Fsp3) is 0.417. The molecule has 1 N–H and O–H groups in total. The molecule has 0 aliphatic carbocycles. The van der Waals surface area contributed by atoms with Gasteiger partial charge < -0.3 is 4.74 Å². The molecule has 0 spiro atoms. The highest BCUT2D eigenvalue weighted by molar-refractivity contribution is 5.85. The molecule has 84 valence electrons. The topological polar surface area (TPSA) is 33.1 Å². The molecule has 0 unspecified atom stereocenters. The second-order valence-corrected chi connectivity index (χ2v) is 3.34. The van der Waals surface area contributed by atoms with E-state index < -0.39 is 0 Å². The first-order valence-corrected chi connectivity index (χ1v) is 4.98. The fourth-order valence-electron chi connectivity index (χ4n) is 1.26. The van der Waals surface area contributed by atoms with Crippen molar-refractivity contribution in [1.82, 2.24) is 0 Å². The molecule has 15 heavy (non-hydrogen) atoms. The summed E-state index contributed by atoms with van der Waals surface area (Å²) in [6.45, 7) is 4.57. The minimum Gasteiger partial charge on any atom is -0.481 e. The van der Waals surface area contributed by atoms with E-state index in [0.29, 0.717) is 18.9 Å². The Morgan fingerprint density at radius 1 is 1.27 bits per heavy atom.